The molecule has 0 aromatic heterocycles. The van der Waals surface area contributed by atoms with Crippen molar-refractivity contribution in [1.82, 2.24) is 0 Å². The molecule has 3 N–H and O–H groups in total. The third-order valence-corrected chi connectivity index (χ3v) is 3.10. The number of hydrogen-bond donors (Lipinski definition) is 2. The van der Waals surface area contributed by atoms with Crippen LogP contribution in [0, 0.1) is 6.92 Å². The molecule has 2 aromatic carbocycles. The second-order valence-corrected chi connectivity index (χ2v) is 4.61. The summed E-state index contributed by atoms with van der Waals surface area (Å²) in [5, 5.41) is 3.36. The average molecular weight is 240 g/mol. The Balaban J connectivity index is 2.16. The monoisotopic (exact) mass is 240 g/mol. The van der Waals surface area contributed by atoms with Crippen LogP contribution in [0.5, 0.6) is 0 Å². The van der Waals surface area contributed by atoms with Gasteiger partial charge in [0.15, 0.2) is 0 Å². The van der Waals surface area contributed by atoms with Crippen LogP contribution in [0.15, 0.2) is 42.5 Å². The Bertz CT molecular complexity index is 515. The maximum Gasteiger partial charge on any atom is 0.0620 e. The highest BCUT2D eigenvalue weighted by atomic mass is 14.9. The van der Waals surface area contributed by atoms with Gasteiger partial charge < -0.3 is 11.1 Å². The van der Waals surface area contributed by atoms with Gasteiger partial charge in [0.1, 0.15) is 0 Å². The van der Waals surface area contributed by atoms with Crippen molar-refractivity contribution in [3.05, 3.63) is 53.6 Å². The maximum absolute atomic E-state index is 6.05. The molecule has 0 fully saturated rings. The van der Waals surface area contributed by atoms with Gasteiger partial charge >= 0.3 is 0 Å². The molecule has 0 amide bonds. The van der Waals surface area contributed by atoms with Gasteiger partial charge in [-0.15, -0.1) is 0 Å². The van der Waals surface area contributed by atoms with Crippen LogP contribution < -0.4 is 11.1 Å². The molecule has 2 nitrogen and oxygen atoms in total. The number of rotatable bonds is 4. The van der Waals surface area contributed by atoms with Crippen molar-refractivity contribution in [3.8, 4) is 0 Å². The molecule has 2 aromatic rings. The van der Waals surface area contributed by atoms with Crippen molar-refractivity contribution in [3.63, 3.8) is 0 Å². The Hall–Kier alpha value is -1.96. The van der Waals surface area contributed by atoms with Crippen LogP contribution in [0.4, 0.5) is 17.1 Å². The number of para-hydroxylation sites is 1. The lowest BCUT2D eigenvalue weighted by Crippen LogP contribution is -1.98. The van der Waals surface area contributed by atoms with Crippen molar-refractivity contribution < 1.29 is 0 Å². The summed E-state index contributed by atoms with van der Waals surface area (Å²) in [6, 6.07) is 14.6. The van der Waals surface area contributed by atoms with E-state index in [0.717, 1.165) is 29.0 Å². The molecule has 18 heavy (non-hydrogen) atoms. The summed E-state index contributed by atoms with van der Waals surface area (Å²) in [5.41, 5.74) is 11.4. The largest absolute Gasteiger partial charge is 0.397 e. The third kappa shape index (κ3) is 2.83. The zero-order chi connectivity index (χ0) is 13.0. The van der Waals surface area contributed by atoms with Crippen molar-refractivity contribution in [2.24, 2.45) is 0 Å². The molecule has 0 unspecified atom stereocenters. The van der Waals surface area contributed by atoms with Crippen molar-refractivity contribution in [2.45, 2.75) is 26.7 Å². The van der Waals surface area contributed by atoms with Crippen LogP contribution in [-0.2, 0) is 6.42 Å². The standard InChI is InChI=1S/C16H20N2/c1-3-5-13-8-10-14(11-9-13)18-15-7-4-6-12(2)16(15)17/h4,6-11,18H,3,5,17H2,1-2H3. The lowest BCUT2D eigenvalue weighted by Gasteiger charge is -2.11. The van der Waals surface area contributed by atoms with Crippen LogP contribution in [0.3, 0.4) is 0 Å². The predicted octanol–water partition coefficient (Wildman–Crippen LogP) is 4.27. The van der Waals surface area contributed by atoms with Gasteiger partial charge in [-0.1, -0.05) is 37.6 Å². The molecule has 0 spiro atoms. The van der Waals surface area contributed by atoms with Gasteiger partial charge in [-0.2, -0.15) is 0 Å². The second-order valence-electron chi connectivity index (χ2n) is 4.61. The summed E-state index contributed by atoms with van der Waals surface area (Å²) in [5.74, 6) is 0. The van der Waals surface area contributed by atoms with E-state index >= 15 is 0 Å². The van der Waals surface area contributed by atoms with Crippen LogP contribution in [0.2, 0.25) is 0 Å². The predicted molar refractivity (Wildman–Crippen MR) is 79.3 cm³/mol. The van der Waals surface area contributed by atoms with Gasteiger partial charge in [-0.3, -0.25) is 0 Å². The van der Waals surface area contributed by atoms with Gasteiger partial charge in [0.25, 0.3) is 0 Å². The lowest BCUT2D eigenvalue weighted by molar-refractivity contribution is 0.922. The first-order valence-electron chi connectivity index (χ1n) is 6.41. The van der Waals surface area contributed by atoms with E-state index in [1.807, 2.05) is 25.1 Å². The van der Waals surface area contributed by atoms with Gasteiger partial charge in [-0.25, -0.2) is 0 Å². The van der Waals surface area contributed by atoms with Gasteiger partial charge in [0.2, 0.25) is 0 Å². The fraction of sp³-hybridized carbons (Fsp3) is 0.250. The molecule has 0 aliphatic carbocycles. The first-order valence-corrected chi connectivity index (χ1v) is 6.41. The highest BCUT2D eigenvalue weighted by Gasteiger charge is 2.01. The van der Waals surface area contributed by atoms with Crippen molar-refractivity contribution in [2.75, 3.05) is 11.1 Å². The molecule has 0 aliphatic heterocycles. The number of anilines is 3. The van der Waals surface area contributed by atoms with E-state index in [4.69, 9.17) is 5.73 Å². The van der Waals surface area contributed by atoms with E-state index in [2.05, 4.69) is 36.5 Å². The van der Waals surface area contributed by atoms with Crippen molar-refractivity contribution in [1.29, 1.82) is 0 Å². The molecule has 0 radical (unpaired) electrons. The smallest absolute Gasteiger partial charge is 0.0620 e. The fourth-order valence-electron chi connectivity index (χ4n) is 1.99. The molecule has 0 heterocycles. The number of benzene rings is 2. The number of nitrogens with two attached hydrogens (primary N) is 1. The van der Waals surface area contributed by atoms with E-state index in [1.54, 1.807) is 0 Å². The Kier molecular flexibility index (Phi) is 3.88. The minimum absolute atomic E-state index is 0.815. The Morgan fingerprint density at radius 1 is 1.06 bits per heavy atom. The molecule has 0 aliphatic rings. The molecule has 2 heteroatoms. The van der Waals surface area contributed by atoms with E-state index in [0.29, 0.717) is 0 Å². The molecule has 0 saturated heterocycles. The summed E-state index contributed by atoms with van der Waals surface area (Å²) < 4.78 is 0. The van der Waals surface area contributed by atoms with E-state index < -0.39 is 0 Å². The molecule has 2 rings (SSSR count). The average Bonchev–Trinajstić information content (AvgIpc) is 2.38. The van der Waals surface area contributed by atoms with Gasteiger partial charge in [-0.05, 0) is 42.7 Å². The minimum Gasteiger partial charge on any atom is -0.397 e. The Labute approximate surface area is 109 Å². The van der Waals surface area contributed by atoms with E-state index in [9.17, 15) is 0 Å². The van der Waals surface area contributed by atoms with Gasteiger partial charge in [0, 0.05) is 5.69 Å². The third-order valence-electron chi connectivity index (χ3n) is 3.10. The second kappa shape index (κ2) is 5.58. The lowest BCUT2D eigenvalue weighted by atomic mass is 10.1. The first-order chi connectivity index (χ1) is 8.70. The SMILES string of the molecule is CCCc1ccc(Nc2cccc(C)c2N)cc1. The number of nitrogens with one attached hydrogen (secondary N) is 1. The fourth-order valence-corrected chi connectivity index (χ4v) is 1.99. The molecular formula is C16H20N2. The quantitative estimate of drug-likeness (QED) is 0.783. The van der Waals surface area contributed by atoms with Gasteiger partial charge in [0.05, 0.1) is 11.4 Å². The number of aryl methyl sites for hydroxylation is 2. The van der Waals surface area contributed by atoms with Crippen LogP contribution >= 0.6 is 0 Å². The molecule has 94 valence electrons. The first kappa shape index (κ1) is 12.5. The number of nitrogen functional groups attached to an aromatic ring is 1. The summed E-state index contributed by atoms with van der Waals surface area (Å²) in [6.07, 6.45) is 2.31. The van der Waals surface area contributed by atoms with Crippen LogP contribution in [0.25, 0.3) is 0 Å². The molecule has 0 atom stereocenters. The van der Waals surface area contributed by atoms with Crippen LogP contribution in [-0.4, -0.2) is 0 Å². The highest BCUT2D eigenvalue weighted by molar-refractivity contribution is 5.74. The zero-order valence-corrected chi connectivity index (χ0v) is 11.0. The molecular weight excluding hydrogens is 220 g/mol. The summed E-state index contributed by atoms with van der Waals surface area (Å²) >= 11 is 0. The van der Waals surface area contributed by atoms with E-state index in [-0.39, 0.29) is 0 Å². The number of hydrogen-bond acceptors (Lipinski definition) is 2. The zero-order valence-electron chi connectivity index (χ0n) is 11.0. The summed E-state index contributed by atoms with van der Waals surface area (Å²) in [7, 11) is 0. The van der Waals surface area contributed by atoms with E-state index in [1.165, 1.54) is 12.0 Å². The highest BCUT2D eigenvalue weighted by Crippen LogP contribution is 2.25. The summed E-state index contributed by atoms with van der Waals surface area (Å²) in [6.45, 7) is 4.21. The topological polar surface area (TPSA) is 38.0 Å². The normalized spacial score (nSPS) is 10.3. The minimum atomic E-state index is 0.815. The molecule has 0 saturated carbocycles. The maximum atomic E-state index is 6.05. The summed E-state index contributed by atoms with van der Waals surface area (Å²) in [4.78, 5) is 0. The Morgan fingerprint density at radius 2 is 1.78 bits per heavy atom. The van der Waals surface area contributed by atoms with Crippen molar-refractivity contribution >= 4 is 17.1 Å². The van der Waals surface area contributed by atoms with Crippen LogP contribution in [0.1, 0.15) is 24.5 Å². The Morgan fingerprint density at radius 3 is 2.44 bits per heavy atom. The molecule has 0 bridgehead atoms.